The van der Waals surface area contributed by atoms with Gasteiger partial charge in [0.25, 0.3) is 0 Å². The Kier molecular flexibility index (Phi) is 6.12. The number of aryl methyl sites for hydroxylation is 1. The van der Waals surface area contributed by atoms with Crippen LogP contribution in [0.1, 0.15) is 40.7 Å². The molecule has 0 saturated carbocycles. The summed E-state index contributed by atoms with van der Waals surface area (Å²) in [4.78, 5) is 25.1. The lowest BCUT2D eigenvalue weighted by Crippen LogP contribution is -2.37. The average Bonchev–Trinajstić information content (AvgIpc) is 2.71. The van der Waals surface area contributed by atoms with Gasteiger partial charge in [-0.1, -0.05) is 6.07 Å². The number of carbonyl (C=O) groups excluding carboxylic acids is 1. The predicted molar refractivity (Wildman–Crippen MR) is 86.3 cm³/mol. The number of nitrogens with zero attached hydrogens (tertiary/aromatic N) is 1. The largest absolute Gasteiger partial charge is 0.478 e. The molecule has 2 rings (SSSR count). The molecule has 0 unspecified atom stereocenters. The van der Waals surface area contributed by atoms with Gasteiger partial charge in [0.05, 0.1) is 18.2 Å². The van der Waals surface area contributed by atoms with E-state index in [4.69, 9.17) is 5.11 Å². The molecule has 126 valence electrons. The minimum Gasteiger partial charge on any atom is -0.478 e. The third-order valence-corrected chi connectivity index (χ3v) is 4.23. The van der Waals surface area contributed by atoms with Crippen LogP contribution >= 0.6 is 0 Å². The molecule has 0 aromatic heterocycles. The Morgan fingerprint density at radius 2 is 2.09 bits per heavy atom. The van der Waals surface area contributed by atoms with Gasteiger partial charge in [-0.15, -0.1) is 0 Å². The first-order valence-electron chi connectivity index (χ1n) is 7.95. The lowest BCUT2D eigenvalue weighted by molar-refractivity contribution is -0.122. The van der Waals surface area contributed by atoms with Crippen molar-refractivity contribution >= 4 is 11.9 Å². The monoisotopic (exact) mass is 320 g/mol. The van der Waals surface area contributed by atoms with Crippen LogP contribution in [0.4, 0.5) is 0 Å². The molecular formula is C17H24N2O4. The highest BCUT2D eigenvalue weighted by Crippen LogP contribution is 2.12. The Hall–Kier alpha value is -1.92. The maximum Gasteiger partial charge on any atom is 0.335 e. The first kappa shape index (κ1) is 17.4. The van der Waals surface area contributed by atoms with Gasteiger partial charge in [-0.2, -0.15) is 0 Å². The number of hydrogen-bond donors (Lipinski definition) is 3. The summed E-state index contributed by atoms with van der Waals surface area (Å²) in [6, 6.07) is 4.91. The minimum atomic E-state index is -0.972. The van der Waals surface area contributed by atoms with E-state index in [1.165, 1.54) is 0 Å². The number of aromatic carboxylic acids is 1. The Labute approximate surface area is 136 Å². The third-order valence-electron chi connectivity index (χ3n) is 4.23. The van der Waals surface area contributed by atoms with Gasteiger partial charge in [0.15, 0.2) is 0 Å². The maximum atomic E-state index is 12.1. The van der Waals surface area contributed by atoms with E-state index in [-0.39, 0.29) is 17.6 Å². The van der Waals surface area contributed by atoms with Gasteiger partial charge in [0.1, 0.15) is 0 Å². The smallest absolute Gasteiger partial charge is 0.335 e. The van der Waals surface area contributed by atoms with Crippen molar-refractivity contribution in [1.29, 1.82) is 0 Å². The van der Waals surface area contributed by atoms with Crippen molar-refractivity contribution in [3.8, 4) is 0 Å². The van der Waals surface area contributed by atoms with E-state index in [0.29, 0.717) is 19.5 Å². The minimum absolute atomic E-state index is 0.0819. The quantitative estimate of drug-likeness (QED) is 0.757. The number of amides is 1. The van der Waals surface area contributed by atoms with Gasteiger partial charge in [-0.3, -0.25) is 9.69 Å². The number of carbonyl (C=O) groups is 2. The Balaban J connectivity index is 1.86. The molecule has 1 aliphatic rings. The second-order valence-electron chi connectivity index (χ2n) is 6.08. The summed E-state index contributed by atoms with van der Waals surface area (Å²) < 4.78 is 0. The summed E-state index contributed by atoms with van der Waals surface area (Å²) in [6.07, 6.45) is 2.13. The van der Waals surface area contributed by atoms with Gasteiger partial charge < -0.3 is 15.5 Å². The van der Waals surface area contributed by atoms with Crippen molar-refractivity contribution in [1.82, 2.24) is 10.2 Å². The summed E-state index contributed by atoms with van der Waals surface area (Å²) in [5.74, 6) is -1.05. The molecule has 1 fully saturated rings. The molecule has 3 N–H and O–H groups in total. The van der Waals surface area contributed by atoms with Gasteiger partial charge in [0.2, 0.25) is 5.91 Å². The van der Waals surface area contributed by atoms with Crippen molar-refractivity contribution in [3.63, 3.8) is 0 Å². The van der Waals surface area contributed by atoms with Crippen LogP contribution in [0.15, 0.2) is 18.2 Å². The summed E-state index contributed by atoms with van der Waals surface area (Å²) in [6.45, 7) is 4.07. The van der Waals surface area contributed by atoms with Crippen LogP contribution in [-0.4, -0.2) is 52.7 Å². The molecule has 23 heavy (non-hydrogen) atoms. The predicted octanol–water partition coefficient (Wildman–Crippen LogP) is 1.16. The first-order chi connectivity index (χ1) is 11.0. The molecule has 6 nitrogen and oxygen atoms in total. The molecule has 1 atom stereocenters. The lowest BCUT2D eigenvalue weighted by Gasteiger charge is -2.19. The zero-order valence-electron chi connectivity index (χ0n) is 13.4. The number of benzene rings is 1. The zero-order chi connectivity index (χ0) is 16.8. The highest BCUT2D eigenvalue weighted by Gasteiger charge is 2.17. The van der Waals surface area contributed by atoms with E-state index in [2.05, 4.69) is 5.32 Å². The third kappa shape index (κ3) is 5.33. The second-order valence-corrected chi connectivity index (χ2v) is 6.08. The standard InChI is InChI=1S/C17H24N2O4/c1-12-4-5-13(17(22)23)9-14(12)10-18-16(21)11-19-7-2-3-15(20)6-8-19/h4-5,9,15,20H,2-3,6-8,10-11H2,1H3,(H,18,21)(H,22,23)/t15-/m1/s1. The van der Waals surface area contributed by atoms with Gasteiger partial charge >= 0.3 is 5.97 Å². The number of rotatable bonds is 5. The fourth-order valence-corrected chi connectivity index (χ4v) is 2.74. The molecule has 1 aromatic rings. The van der Waals surface area contributed by atoms with Crippen molar-refractivity contribution in [3.05, 3.63) is 34.9 Å². The summed E-state index contributed by atoms with van der Waals surface area (Å²) in [5.41, 5.74) is 1.99. The number of hydrogen-bond acceptors (Lipinski definition) is 4. The number of likely N-dealkylation sites (tertiary alicyclic amines) is 1. The Morgan fingerprint density at radius 3 is 2.83 bits per heavy atom. The zero-order valence-corrected chi connectivity index (χ0v) is 13.4. The first-order valence-corrected chi connectivity index (χ1v) is 7.95. The summed E-state index contributed by atoms with van der Waals surface area (Å²) >= 11 is 0. The van der Waals surface area contributed by atoms with E-state index in [1.54, 1.807) is 18.2 Å². The molecule has 1 heterocycles. The SMILES string of the molecule is Cc1ccc(C(=O)O)cc1CNC(=O)CN1CCC[C@@H](O)CC1. The molecule has 1 aliphatic heterocycles. The molecule has 0 radical (unpaired) electrons. The number of carboxylic acid groups (broad SMARTS) is 1. The van der Waals surface area contributed by atoms with Crippen molar-refractivity contribution in [2.45, 2.75) is 38.8 Å². The van der Waals surface area contributed by atoms with Crippen molar-refractivity contribution in [2.24, 2.45) is 0 Å². The topological polar surface area (TPSA) is 89.9 Å². The molecule has 0 aliphatic carbocycles. The van der Waals surface area contributed by atoms with Gasteiger partial charge in [0, 0.05) is 13.1 Å². The number of aliphatic hydroxyl groups is 1. The van der Waals surface area contributed by atoms with Crippen molar-refractivity contribution < 1.29 is 19.8 Å². The Bertz CT molecular complexity index is 574. The molecule has 1 saturated heterocycles. The average molecular weight is 320 g/mol. The number of aliphatic hydroxyl groups excluding tert-OH is 1. The summed E-state index contributed by atoms with van der Waals surface area (Å²) in [5, 5.41) is 21.5. The molecular weight excluding hydrogens is 296 g/mol. The van der Waals surface area contributed by atoms with Crippen LogP contribution < -0.4 is 5.32 Å². The highest BCUT2D eigenvalue weighted by atomic mass is 16.4. The molecule has 1 amide bonds. The second kappa shape index (κ2) is 8.08. The van der Waals surface area contributed by atoms with Crippen LogP contribution in [-0.2, 0) is 11.3 Å². The van der Waals surface area contributed by atoms with Crippen LogP contribution in [0, 0.1) is 6.92 Å². The van der Waals surface area contributed by atoms with Gasteiger partial charge in [-0.05, 0) is 56.0 Å². The Morgan fingerprint density at radius 1 is 1.30 bits per heavy atom. The molecule has 0 bridgehead atoms. The van der Waals surface area contributed by atoms with Crippen LogP contribution in [0.3, 0.4) is 0 Å². The molecule has 6 heteroatoms. The normalized spacial score (nSPS) is 19.1. The number of nitrogens with one attached hydrogen (secondary N) is 1. The number of carboxylic acids is 1. The van der Waals surface area contributed by atoms with E-state index >= 15 is 0 Å². The van der Waals surface area contributed by atoms with Crippen LogP contribution in [0.2, 0.25) is 0 Å². The van der Waals surface area contributed by atoms with E-state index < -0.39 is 5.97 Å². The van der Waals surface area contributed by atoms with E-state index in [1.807, 2.05) is 11.8 Å². The van der Waals surface area contributed by atoms with Crippen LogP contribution in [0.25, 0.3) is 0 Å². The van der Waals surface area contributed by atoms with Crippen molar-refractivity contribution in [2.75, 3.05) is 19.6 Å². The molecule has 1 aromatic carbocycles. The maximum absolute atomic E-state index is 12.1. The summed E-state index contributed by atoms with van der Waals surface area (Å²) in [7, 11) is 0. The van der Waals surface area contributed by atoms with Crippen LogP contribution in [0.5, 0.6) is 0 Å². The van der Waals surface area contributed by atoms with E-state index in [0.717, 1.165) is 37.1 Å². The van der Waals surface area contributed by atoms with Gasteiger partial charge in [-0.25, -0.2) is 4.79 Å². The highest BCUT2D eigenvalue weighted by molar-refractivity contribution is 5.88. The fraction of sp³-hybridized carbons (Fsp3) is 0.529. The molecule has 0 spiro atoms. The fourth-order valence-electron chi connectivity index (χ4n) is 2.74. The lowest BCUT2D eigenvalue weighted by atomic mass is 10.0. The van der Waals surface area contributed by atoms with E-state index in [9.17, 15) is 14.7 Å².